The molecule has 0 radical (unpaired) electrons. The summed E-state index contributed by atoms with van der Waals surface area (Å²) in [6.07, 6.45) is 1.54. The topological polar surface area (TPSA) is 64.9 Å². The summed E-state index contributed by atoms with van der Waals surface area (Å²) in [4.78, 5) is 3.94. The van der Waals surface area contributed by atoms with Crippen molar-refractivity contribution in [2.24, 2.45) is 0 Å². The van der Waals surface area contributed by atoms with E-state index in [1.54, 1.807) is 24.4 Å². The monoisotopic (exact) mass is 243 g/mol. The van der Waals surface area contributed by atoms with Crippen molar-refractivity contribution >= 4 is 23.1 Å². The smallest absolute Gasteiger partial charge is 0.140 e. The molecular formula is C13H10ClN3. The van der Waals surface area contributed by atoms with Crippen LogP contribution in [-0.2, 0) is 0 Å². The van der Waals surface area contributed by atoms with Gasteiger partial charge in [0.2, 0.25) is 0 Å². The highest BCUT2D eigenvalue weighted by Crippen LogP contribution is 2.18. The first-order valence-electron chi connectivity index (χ1n) is 4.94. The standard InChI is InChI=1S/C13H10ClN3/c14-12-6-7-17-13(16)11(12)5-4-9-2-1-3-10(15)8-9/h1-3,6-8H,15H2,(H2,16,17). The van der Waals surface area contributed by atoms with E-state index in [1.807, 2.05) is 12.1 Å². The van der Waals surface area contributed by atoms with Crippen molar-refractivity contribution in [2.75, 3.05) is 11.5 Å². The molecule has 17 heavy (non-hydrogen) atoms. The molecule has 4 heteroatoms. The zero-order valence-corrected chi connectivity index (χ0v) is 9.70. The maximum atomic E-state index is 5.98. The minimum absolute atomic E-state index is 0.328. The lowest BCUT2D eigenvalue weighted by Gasteiger charge is -1.98. The molecule has 1 heterocycles. The number of halogens is 1. The van der Waals surface area contributed by atoms with Crippen LogP contribution in [0.3, 0.4) is 0 Å². The molecule has 0 aliphatic rings. The summed E-state index contributed by atoms with van der Waals surface area (Å²) >= 11 is 5.98. The van der Waals surface area contributed by atoms with Crippen LogP contribution in [0.25, 0.3) is 0 Å². The number of rotatable bonds is 0. The Morgan fingerprint density at radius 3 is 2.65 bits per heavy atom. The summed E-state index contributed by atoms with van der Waals surface area (Å²) in [6, 6.07) is 8.95. The summed E-state index contributed by atoms with van der Waals surface area (Å²) in [5.41, 5.74) is 13.4. The average molecular weight is 244 g/mol. The summed E-state index contributed by atoms with van der Waals surface area (Å²) in [5.74, 6) is 6.18. The van der Waals surface area contributed by atoms with Crippen LogP contribution in [-0.4, -0.2) is 4.98 Å². The van der Waals surface area contributed by atoms with E-state index in [1.165, 1.54) is 0 Å². The number of benzene rings is 1. The summed E-state index contributed by atoms with van der Waals surface area (Å²) in [7, 11) is 0. The van der Waals surface area contributed by atoms with E-state index in [9.17, 15) is 0 Å². The Hall–Kier alpha value is -2.18. The molecule has 0 bridgehead atoms. The lowest BCUT2D eigenvalue weighted by atomic mass is 10.2. The molecule has 0 aliphatic carbocycles. The molecule has 0 atom stereocenters. The van der Waals surface area contributed by atoms with Gasteiger partial charge in [-0.05, 0) is 24.3 Å². The molecule has 0 spiro atoms. The van der Waals surface area contributed by atoms with Gasteiger partial charge < -0.3 is 11.5 Å². The number of nitrogen functional groups attached to an aromatic ring is 2. The molecule has 0 aliphatic heterocycles. The molecule has 1 aromatic carbocycles. The molecule has 2 aromatic rings. The molecule has 84 valence electrons. The normalized spacial score (nSPS) is 9.47. The van der Waals surface area contributed by atoms with Gasteiger partial charge >= 0.3 is 0 Å². The van der Waals surface area contributed by atoms with Crippen LogP contribution in [0.15, 0.2) is 36.5 Å². The van der Waals surface area contributed by atoms with Crippen molar-refractivity contribution in [3.8, 4) is 11.8 Å². The minimum Gasteiger partial charge on any atom is -0.399 e. The van der Waals surface area contributed by atoms with Crippen molar-refractivity contribution in [2.45, 2.75) is 0 Å². The predicted octanol–water partition coefficient (Wildman–Crippen LogP) is 2.30. The Labute approximate surface area is 104 Å². The Kier molecular flexibility index (Phi) is 3.17. The van der Waals surface area contributed by atoms with Gasteiger partial charge in [-0.25, -0.2) is 4.98 Å². The number of pyridine rings is 1. The van der Waals surface area contributed by atoms with Crippen molar-refractivity contribution in [1.29, 1.82) is 0 Å². The lowest BCUT2D eigenvalue weighted by Crippen LogP contribution is -1.94. The number of nitrogens with zero attached hydrogens (tertiary/aromatic N) is 1. The van der Waals surface area contributed by atoms with Crippen LogP contribution in [0, 0.1) is 11.8 Å². The SMILES string of the molecule is Nc1cccc(C#Cc2c(Cl)ccnc2N)c1. The fourth-order valence-corrected chi connectivity index (χ4v) is 1.53. The van der Waals surface area contributed by atoms with Crippen LogP contribution in [0.2, 0.25) is 5.02 Å². The maximum absolute atomic E-state index is 5.98. The number of hydrogen-bond acceptors (Lipinski definition) is 3. The second-order valence-corrected chi connectivity index (χ2v) is 3.84. The largest absolute Gasteiger partial charge is 0.399 e. The molecule has 3 nitrogen and oxygen atoms in total. The third-order valence-corrected chi connectivity index (χ3v) is 2.46. The van der Waals surface area contributed by atoms with E-state index in [-0.39, 0.29) is 0 Å². The second-order valence-electron chi connectivity index (χ2n) is 3.43. The molecule has 4 N–H and O–H groups in total. The van der Waals surface area contributed by atoms with Gasteiger partial charge in [-0.2, -0.15) is 0 Å². The number of aromatic nitrogens is 1. The predicted molar refractivity (Wildman–Crippen MR) is 70.5 cm³/mol. The van der Waals surface area contributed by atoms with Crippen LogP contribution >= 0.6 is 11.6 Å². The highest BCUT2D eigenvalue weighted by Gasteiger charge is 2.01. The summed E-state index contributed by atoms with van der Waals surface area (Å²) in [6.45, 7) is 0. The van der Waals surface area contributed by atoms with Gasteiger partial charge in [0, 0.05) is 17.4 Å². The van der Waals surface area contributed by atoms with Crippen molar-refractivity contribution in [3.63, 3.8) is 0 Å². The quantitative estimate of drug-likeness (QED) is 0.551. The molecular weight excluding hydrogens is 234 g/mol. The first kappa shape index (κ1) is 11.3. The van der Waals surface area contributed by atoms with Gasteiger partial charge in [0.15, 0.2) is 0 Å². The number of anilines is 2. The van der Waals surface area contributed by atoms with E-state index in [2.05, 4.69) is 16.8 Å². The van der Waals surface area contributed by atoms with Crippen LogP contribution < -0.4 is 11.5 Å². The zero-order valence-electron chi connectivity index (χ0n) is 8.94. The average Bonchev–Trinajstić information content (AvgIpc) is 2.28. The van der Waals surface area contributed by atoms with Gasteiger partial charge in [-0.1, -0.05) is 29.5 Å². The fourth-order valence-electron chi connectivity index (χ4n) is 1.33. The Bertz CT molecular complexity index is 591. The van der Waals surface area contributed by atoms with Gasteiger partial charge in [0.05, 0.1) is 10.6 Å². The molecule has 0 fully saturated rings. The van der Waals surface area contributed by atoms with Gasteiger partial charge in [-0.3, -0.25) is 0 Å². The van der Waals surface area contributed by atoms with Crippen LogP contribution in [0.1, 0.15) is 11.1 Å². The van der Waals surface area contributed by atoms with Crippen molar-refractivity contribution in [1.82, 2.24) is 4.98 Å². The second kappa shape index (κ2) is 4.77. The van der Waals surface area contributed by atoms with E-state index in [0.717, 1.165) is 5.56 Å². The van der Waals surface area contributed by atoms with Crippen molar-refractivity contribution in [3.05, 3.63) is 52.7 Å². The molecule has 0 saturated carbocycles. The molecule has 0 amide bonds. The molecule has 1 aromatic heterocycles. The zero-order chi connectivity index (χ0) is 12.3. The molecule has 0 unspecified atom stereocenters. The summed E-state index contributed by atoms with van der Waals surface area (Å²) < 4.78 is 0. The van der Waals surface area contributed by atoms with E-state index in [0.29, 0.717) is 22.1 Å². The van der Waals surface area contributed by atoms with Gasteiger partial charge in [-0.15, -0.1) is 0 Å². The fraction of sp³-hybridized carbons (Fsp3) is 0. The van der Waals surface area contributed by atoms with Gasteiger partial charge in [0.1, 0.15) is 5.82 Å². The summed E-state index contributed by atoms with van der Waals surface area (Å²) in [5, 5.41) is 0.494. The molecule has 2 rings (SSSR count). The Balaban J connectivity index is 2.40. The van der Waals surface area contributed by atoms with Crippen LogP contribution in [0.4, 0.5) is 11.5 Å². The number of hydrogen-bond donors (Lipinski definition) is 2. The maximum Gasteiger partial charge on any atom is 0.140 e. The Morgan fingerprint density at radius 1 is 1.12 bits per heavy atom. The number of nitrogens with two attached hydrogens (primary N) is 2. The van der Waals surface area contributed by atoms with E-state index < -0.39 is 0 Å². The van der Waals surface area contributed by atoms with Gasteiger partial charge in [0.25, 0.3) is 0 Å². The minimum atomic E-state index is 0.328. The lowest BCUT2D eigenvalue weighted by molar-refractivity contribution is 1.32. The van der Waals surface area contributed by atoms with E-state index >= 15 is 0 Å². The van der Waals surface area contributed by atoms with Crippen LogP contribution in [0.5, 0.6) is 0 Å². The molecule has 0 saturated heterocycles. The Morgan fingerprint density at radius 2 is 1.94 bits per heavy atom. The highest BCUT2D eigenvalue weighted by atomic mass is 35.5. The first-order valence-corrected chi connectivity index (χ1v) is 5.32. The van der Waals surface area contributed by atoms with Crippen molar-refractivity contribution < 1.29 is 0 Å². The third kappa shape index (κ3) is 2.68. The first-order chi connectivity index (χ1) is 8.16. The van der Waals surface area contributed by atoms with E-state index in [4.69, 9.17) is 23.1 Å². The highest BCUT2D eigenvalue weighted by molar-refractivity contribution is 6.32. The third-order valence-electron chi connectivity index (χ3n) is 2.15.